The van der Waals surface area contributed by atoms with Gasteiger partial charge in [-0.15, -0.1) is 5.10 Å². The number of nitrogens with two attached hydrogens (primary N) is 1. The Hall–Kier alpha value is -4.41. The van der Waals surface area contributed by atoms with Crippen LogP contribution in [0.1, 0.15) is 35.7 Å². The van der Waals surface area contributed by atoms with Crippen LogP contribution in [0.15, 0.2) is 54.7 Å². The number of nitrogens with zero attached hydrogens (tertiary/aromatic N) is 5. The molecule has 2 aromatic carbocycles. The lowest BCUT2D eigenvalue weighted by molar-refractivity contribution is -0.132. The zero-order valence-corrected chi connectivity index (χ0v) is 20.2. The van der Waals surface area contributed by atoms with E-state index in [2.05, 4.69) is 15.6 Å². The third-order valence-corrected chi connectivity index (χ3v) is 7.44. The minimum absolute atomic E-state index is 0.0902. The first-order valence-electron chi connectivity index (χ1n) is 12.3. The molecule has 37 heavy (non-hydrogen) atoms. The maximum atomic E-state index is 14.5. The molecule has 0 radical (unpaired) electrons. The van der Waals surface area contributed by atoms with Gasteiger partial charge in [0.15, 0.2) is 0 Å². The normalized spacial score (nSPS) is 22.4. The highest BCUT2D eigenvalue weighted by atomic mass is 16.5. The van der Waals surface area contributed by atoms with Crippen LogP contribution >= 0.6 is 0 Å². The molecular weight excluding hydrogens is 474 g/mol. The largest absolute Gasteiger partial charge is 0.494 e. The molecule has 6 rings (SSSR count). The van der Waals surface area contributed by atoms with Gasteiger partial charge >= 0.3 is 6.03 Å². The third-order valence-electron chi connectivity index (χ3n) is 7.44. The first-order valence-corrected chi connectivity index (χ1v) is 12.3. The summed E-state index contributed by atoms with van der Waals surface area (Å²) in [5, 5.41) is 10.9. The van der Waals surface area contributed by atoms with Gasteiger partial charge in [-0.3, -0.25) is 14.3 Å². The fraction of sp³-hybridized carbons (Fsp3) is 0.346. The number of para-hydroxylation sites is 1. The number of benzene rings is 2. The number of likely N-dealkylation sites (tertiary alicyclic amines) is 1. The third kappa shape index (κ3) is 3.78. The number of primary amides is 1. The fourth-order valence-corrected chi connectivity index (χ4v) is 5.91. The van der Waals surface area contributed by atoms with Crippen LogP contribution in [0.25, 0.3) is 0 Å². The Morgan fingerprint density at radius 1 is 1.16 bits per heavy atom. The molecule has 0 saturated carbocycles. The number of amides is 4. The van der Waals surface area contributed by atoms with Crippen LogP contribution in [0.4, 0.5) is 10.5 Å². The Bertz CT molecular complexity index is 1390. The molecule has 1 aromatic heterocycles. The minimum atomic E-state index is -1.01. The molecule has 6 bridgehead atoms. The number of nitrogens with one attached hydrogen (secondary N) is 1. The first kappa shape index (κ1) is 23.0. The summed E-state index contributed by atoms with van der Waals surface area (Å²) < 4.78 is 7.80. The molecule has 11 heteroatoms. The number of hydrogen-bond donors (Lipinski definition) is 2. The second-order valence-electron chi connectivity index (χ2n) is 9.58. The Labute approximate surface area is 213 Å². The average molecular weight is 502 g/mol. The zero-order chi connectivity index (χ0) is 25.6. The van der Waals surface area contributed by atoms with E-state index in [9.17, 15) is 14.4 Å². The molecule has 0 unspecified atom stereocenters. The van der Waals surface area contributed by atoms with Gasteiger partial charge in [0.2, 0.25) is 11.8 Å². The van der Waals surface area contributed by atoms with E-state index in [0.29, 0.717) is 37.6 Å². The van der Waals surface area contributed by atoms with Crippen LogP contribution in [0, 0.1) is 0 Å². The molecule has 1 spiro atoms. The zero-order valence-electron chi connectivity index (χ0n) is 20.2. The van der Waals surface area contributed by atoms with Crippen LogP contribution in [0.3, 0.4) is 0 Å². The van der Waals surface area contributed by atoms with Gasteiger partial charge in [-0.1, -0.05) is 35.5 Å². The molecule has 3 N–H and O–H groups in total. The second-order valence-corrected chi connectivity index (χ2v) is 9.58. The van der Waals surface area contributed by atoms with Crippen molar-refractivity contribution in [3.8, 4) is 5.75 Å². The van der Waals surface area contributed by atoms with Gasteiger partial charge < -0.3 is 25.6 Å². The first-order chi connectivity index (χ1) is 18.0. The number of rotatable bonds is 2. The van der Waals surface area contributed by atoms with Crippen LogP contribution in [0.2, 0.25) is 0 Å². The maximum absolute atomic E-state index is 14.5. The van der Waals surface area contributed by atoms with Crippen molar-refractivity contribution >= 4 is 23.5 Å². The lowest BCUT2D eigenvalue weighted by atomic mass is 9.72. The number of aromatic nitrogens is 3. The van der Waals surface area contributed by atoms with Crippen molar-refractivity contribution in [2.24, 2.45) is 5.73 Å². The molecule has 3 aliphatic rings. The predicted molar refractivity (Wildman–Crippen MR) is 133 cm³/mol. The van der Waals surface area contributed by atoms with Crippen molar-refractivity contribution in [3.05, 3.63) is 71.5 Å². The summed E-state index contributed by atoms with van der Waals surface area (Å²) in [6.45, 7) is 1.49. The van der Waals surface area contributed by atoms with E-state index in [-0.39, 0.29) is 24.9 Å². The summed E-state index contributed by atoms with van der Waals surface area (Å²) in [7, 11) is 0. The van der Waals surface area contributed by atoms with Crippen molar-refractivity contribution < 1.29 is 19.1 Å². The molecule has 3 aliphatic heterocycles. The molecule has 190 valence electrons. The summed E-state index contributed by atoms with van der Waals surface area (Å²) in [5.41, 5.74) is 7.38. The van der Waals surface area contributed by atoms with Gasteiger partial charge in [0, 0.05) is 25.2 Å². The smallest absolute Gasteiger partial charge is 0.312 e. The quantitative estimate of drug-likeness (QED) is 0.546. The lowest BCUT2D eigenvalue weighted by Crippen LogP contribution is -2.47. The van der Waals surface area contributed by atoms with E-state index in [4.69, 9.17) is 10.5 Å². The van der Waals surface area contributed by atoms with Crippen LogP contribution < -0.4 is 20.7 Å². The minimum Gasteiger partial charge on any atom is -0.494 e. The summed E-state index contributed by atoms with van der Waals surface area (Å²) in [6.07, 6.45) is 3.03. The molecule has 11 nitrogen and oxygen atoms in total. The van der Waals surface area contributed by atoms with Crippen LogP contribution in [-0.4, -0.2) is 57.4 Å². The molecule has 1 fully saturated rings. The number of carbonyl (C=O) groups excluding carboxylic acids is 3. The maximum Gasteiger partial charge on any atom is 0.312 e. The number of fused-ring (bicyclic) bond motifs is 8. The highest BCUT2D eigenvalue weighted by Gasteiger charge is 2.61. The predicted octanol–water partition coefficient (Wildman–Crippen LogP) is 1.49. The highest BCUT2D eigenvalue weighted by Crippen LogP contribution is 2.57. The van der Waals surface area contributed by atoms with Crippen molar-refractivity contribution in [3.63, 3.8) is 0 Å². The Balaban J connectivity index is 1.51. The van der Waals surface area contributed by atoms with E-state index >= 15 is 0 Å². The number of ether oxygens (including phenoxy) is 1. The van der Waals surface area contributed by atoms with E-state index in [1.807, 2.05) is 54.7 Å². The average Bonchev–Trinajstić information content (AvgIpc) is 3.58. The van der Waals surface area contributed by atoms with E-state index in [1.165, 1.54) is 0 Å². The number of urea groups is 1. The van der Waals surface area contributed by atoms with Crippen molar-refractivity contribution in [1.82, 2.24) is 25.2 Å². The molecule has 3 aromatic rings. The summed E-state index contributed by atoms with van der Waals surface area (Å²) in [6, 6.07) is 13.9. The molecule has 4 heterocycles. The number of hydrogen-bond acceptors (Lipinski definition) is 6. The summed E-state index contributed by atoms with van der Waals surface area (Å²) in [5.74, 6) is 0.260. The van der Waals surface area contributed by atoms with E-state index in [0.717, 1.165) is 23.2 Å². The molecule has 1 saturated heterocycles. The van der Waals surface area contributed by atoms with E-state index < -0.39 is 17.5 Å². The van der Waals surface area contributed by atoms with E-state index in [1.54, 1.807) is 14.5 Å². The van der Waals surface area contributed by atoms with Gasteiger partial charge in [-0.05, 0) is 35.7 Å². The van der Waals surface area contributed by atoms with Gasteiger partial charge in [0.05, 0.1) is 31.9 Å². The number of anilines is 1. The fourth-order valence-electron chi connectivity index (χ4n) is 5.91. The SMILES string of the molecule is NC(=O)NCC(=O)N1CC[C@@]23C(=O)N(Cc4cn(nn4)CCCOc4cccc(c4)[C@H]12)c1ccccc13. The second kappa shape index (κ2) is 8.91. The summed E-state index contributed by atoms with van der Waals surface area (Å²) >= 11 is 0. The number of aryl methyl sites for hydroxylation is 1. The van der Waals surface area contributed by atoms with Crippen LogP contribution in [0.5, 0.6) is 5.75 Å². The van der Waals surface area contributed by atoms with Crippen LogP contribution in [-0.2, 0) is 28.1 Å². The molecule has 4 amide bonds. The molecule has 0 aliphatic carbocycles. The monoisotopic (exact) mass is 501 g/mol. The van der Waals surface area contributed by atoms with Gasteiger partial charge in [-0.2, -0.15) is 0 Å². The lowest BCUT2D eigenvalue weighted by Gasteiger charge is -2.35. The molecule has 2 atom stereocenters. The summed E-state index contributed by atoms with van der Waals surface area (Å²) in [4.78, 5) is 42.6. The Kier molecular flexibility index (Phi) is 5.54. The highest BCUT2D eigenvalue weighted by molar-refractivity contribution is 6.09. The molecular formula is C26H27N7O4. The Morgan fingerprint density at radius 2 is 2.03 bits per heavy atom. The van der Waals surface area contributed by atoms with Crippen molar-refractivity contribution in [2.75, 3.05) is 24.6 Å². The van der Waals surface area contributed by atoms with Gasteiger partial charge in [-0.25, -0.2) is 4.79 Å². The Morgan fingerprint density at radius 3 is 2.89 bits per heavy atom. The van der Waals surface area contributed by atoms with Crippen molar-refractivity contribution in [1.29, 1.82) is 0 Å². The topological polar surface area (TPSA) is 136 Å². The number of carbonyl (C=O) groups is 3. The van der Waals surface area contributed by atoms with Gasteiger partial charge in [0.25, 0.3) is 0 Å². The van der Waals surface area contributed by atoms with Crippen molar-refractivity contribution in [2.45, 2.75) is 37.4 Å². The standard InChI is InChI=1S/C26H27N7O4/c27-25(36)28-14-22(34)32-11-9-26-20-7-1-2-8-21(20)33(24(26)35)16-18-15-31(30-29-18)10-4-12-37-19-6-3-5-17(13-19)23(26)32/h1-3,5-8,13,15,23H,4,9-12,14,16H2,(H3,27,28,36)/t23-,26-/m0/s1. The van der Waals surface area contributed by atoms with Gasteiger partial charge in [0.1, 0.15) is 16.9 Å².